The minimum absolute atomic E-state index is 0.0855. The molecule has 0 bridgehead atoms. The van der Waals surface area contributed by atoms with E-state index in [-0.39, 0.29) is 25.7 Å². The molecule has 0 amide bonds. The van der Waals surface area contributed by atoms with Gasteiger partial charge in [0.05, 0.1) is 32.8 Å². The molecule has 17 nitrogen and oxygen atoms in total. The highest BCUT2D eigenvalue weighted by Crippen LogP contribution is 2.45. The summed E-state index contributed by atoms with van der Waals surface area (Å²) in [7, 11) is -10.0. The topological polar surface area (TPSA) is 237 Å². The molecule has 0 saturated carbocycles. The van der Waals surface area contributed by atoms with Gasteiger partial charge >= 0.3 is 39.5 Å². The molecule has 0 saturated heterocycles. The van der Waals surface area contributed by atoms with Crippen LogP contribution in [0.4, 0.5) is 0 Å². The number of phosphoric ester groups is 2. The summed E-state index contributed by atoms with van der Waals surface area (Å²) >= 11 is 0. The third-order valence-electron chi connectivity index (χ3n) is 15.7. The monoisotopic (exact) mass is 1490 g/mol. The van der Waals surface area contributed by atoms with Gasteiger partial charge in [0, 0.05) is 19.3 Å². The van der Waals surface area contributed by atoms with Crippen molar-refractivity contribution in [1.29, 1.82) is 0 Å². The van der Waals surface area contributed by atoms with E-state index in [4.69, 9.17) is 37.0 Å². The number of carbonyl (C=O) groups is 4. The van der Waals surface area contributed by atoms with Crippen molar-refractivity contribution in [3.8, 4) is 0 Å². The Balaban J connectivity index is 5.43. The summed E-state index contributed by atoms with van der Waals surface area (Å²) < 4.78 is 68.4. The summed E-state index contributed by atoms with van der Waals surface area (Å²) in [5, 5.41) is 10.6. The molecule has 0 fully saturated rings. The van der Waals surface area contributed by atoms with Crippen LogP contribution in [0.15, 0.2) is 170 Å². The molecule has 0 aromatic heterocycles. The molecule has 0 aliphatic carbocycles. The number of unbranched alkanes of at least 4 members (excludes halogenated alkanes) is 19. The van der Waals surface area contributed by atoms with E-state index < -0.39 is 97.5 Å². The maximum Gasteiger partial charge on any atom is 0.472 e. The average molecular weight is 1490 g/mol. The van der Waals surface area contributed by atoms with Crippen LogP contribution in [-0.2, 0) is 65.4 Å². The van der Waals surface area contributed by atoms with Crippen LogP contribution < -0.4 is 0 Å². The molecule has 104 heavy (non-hydrogen) atoms. The van der Waals surface area contributed by atoms with Crippen LogP contribution in [0, 0.1) is 0 Å². The Morgan fingerprint density at radius 2 is 0.538 bits per heavy atom. The van der Waals surface area contributed by atoms with Gasteiger partial charge in [-0.3, -0.25) is 37.3 Å². The predicted molar refractivity (Wildman–Crippen MR) is 426 cm³/mol. The summed E-state index contributed by atoms with van der Waals surface area (Å²) in [6.07, 6.45) is 89.5. The zero-order valence-corrected chi connectivity index (χ0v) is 66.2. The molecule has 19 heteroatoms. The number of aliphatic hydroxyl groups is 1. The Bertz CT molecular complexity index is 2640. The Hall–Kier alpha value is -5.58. The fourth-order valence-corrected chi connectivity index (χ4v) is 11.4. The lowest BCUT2D eigenvalue weighted by Gasteiger charge is -2.21. The van der Waals surface area contributed by atoms with Crippen molar-refractivity contribution < 1.29 is 80.2 Å². The average Bonchev–Trinajstić information content (AvgIpc) is 0.929. The third-order valence-corrected chi connectivity index (χ3v) is 17.6. The Morgan fingerprint density at radius 3 is 0.865 bits per heavy atom. The Labute approximate surface area is 629 Å². The van der Waals surface area contributed by atoms with Crippen molar-refractivity contribution in [3.63, 3.8) is 0 Å². The van der Waals surface area contributed by atoms with Crippen molar-refractivity contribution in [2.45, 2.75) is 303 Å². The smallest absolute Gasteiger partial charge is 0.462 e. The maximum absolute atomic E-state index is 13.1. The lowest BCUT2D eigenvalue weighted by Crippen LogP contribution is -2.30. The Morgan fingerprint density at radius 1 is 0.288 bits per heavy atom. The second-order valence-electron chi connectivity index (χ2n) is 25.5. The standard InChI is InChI=1S/C85H138O17P2/c1-5-9-13-17-21-25-29-32-35-37-39-41-44-46-50-53-57-61-65-69-82(87)95-75-80(101-84(89)71-67-63-59-55-49-28-24-20-16-12-8-4)77-99-103(91,92)97-73-79(86)74-98-104(93,94)100-78-81(102-85(90)72-68-64-60-56-52-48-43-34-31-27-23-19-15-11-7-3)76-96-83(88)70-66-62-58-54-51-47-45-42-40-38-36-33-30-26-22-18-14-10-6-2/h9-11,13-15,21-23,25-27,32-36,39-43,47,51-52,56,64,68,79-81,86H,5-8,12,16-20,24,28-31,37-38,44-46,48-50,53-55,57-63,65-67,69-78H2,1-4H3,(H,91,92)(H,93,94)/b13-9-,14-10-,15-11-,25-21-,26-22-,27-23-,35-32-,36-33-,41-39-,42-40-,43-34-,51-47-,56-52-,68-64-. The highest BCUT2D eigenvalue weighted by molar-refractivity contribution is 7.47. The Kier molecular flexibility index (Phi) is 71.6. The number of ether oxygens (including phenoxy) is 4. The molecule has 0 aliphatic heterocycles. The zero-order chi connectivity index (χ0) is 76.0. The minimum atomic E-state index is -5.02. The summed E-state index contributed by atoms with van der Waals surface area (Å²) in [6.45, 7) is 4.34. The summed E-state index contributed by atoms with van der Waals surface area (Å²) in [4.78, 5) is 72.9. The second kappa shape index (κ2) is 75.6. The van der Waals surface area contributed by atoms with Gasteiger partial charge in [0.1, 0.15) is 19.3 Å². The van der Waals surface area contributed by atoms with Gasteiger partial charge in [0.2, 0.25) is 0 Å². The van der Waals surface area contributed by atoms with E-state index in [1.165, 1.54) is 38.5 Å². The number of hydrogen-bond acceptors (Lipinski definition) is 15. The van der Waals surface area contributed by atoms with Gasteiger partial charge in [-0.05, 0) is 135 Å². The third kappa shape index (κ3) is 74.7. The van der Waals surface area contributed by atoms with E-state index >= 15 is 0 Å². The van der Waals surface area contributed by atoms with Crippen LogP contribution in [0.25, 0.3) is 0 Å². The molecular formula is C85H138O17P2. The molecule has 0 rings (SSSR count). The summed E-state index contributed by atoms with van der Waals surface area (Å²) in [5.41, 5.74) is 0. The SMILES string of the molecule is CC/C=C\C/C=C\C/C=C\C/C=C\C/C=C\CCCCCC(=O)OCC(COP(=O)(O)OCC(O)COP(=O)(O)OCC(COC(=O)CCCCCCCC/C=C\C/C=C\C/C=C\C/C=C\CC)OC(=O)CCCCCCCCCCCCC)OC(=O)C/C=C\C/C=C\C/C=C\C/C=C\C/C=C\CC. The van der Waals surface area contributed by atoms with Gasteiger partial charge in [-0.1, -0.05) is 294 Å². The molecule has 0 heterocycles. The van der Waals surface area contributed by atoms with Gasteiger partial charge in [-0.15, -0.1) is 0 Å². The molecule has 0 aromatic rings. The molecule has 5 unspecified atom stereocenters. The van der Waals surface area contributed by atoms with Crippen molar-refractivity contribution in [2.75, 3.05) is 39.6 Å². The van der Waals surface area contributed by atoms with E-state index in [1.54, 1.807) is 12.2 Å². The van der Waals surface area contributed by atoms with Gasteiger partial charge in [0.15, 0.2) is 12.2 Å². The summed E-state index contributed by atoms with van der Waals surface area (Å²) in [5.74, 6) is -2.39. The van der Waals surface area contributed by atoms with Gasteiger partial charge in [-0.2, -0.15) is 0 Å². The predicted octanol–water partition coefficient (Wildman–Crippen LogP) is 23.0. The van der Waals surface area contributed by atoms with E-state index in [1.807, 2.05) is 12.2 Å². The zero-order valence-electron chi connectivity index (χ0n) is 64.4. The normalized spacial score (nSPS) is 14.8. The number of phosphoric acid groups is 2. The van der Waals surface area contributed by atoms with Crippen LogP contribution in [0.3, 0.4) is 0 Å². The molecule has 0 spiro atoms. The molecule has 0 aromatic carbocycles. The first-order chi connectivity index (χ1) is 50.7. The summed E-state index contributed by atoms with van der Waals surface area (Å²) in [6, 6.07) is 0. The first-order valence-electron chi connectivity index (χ1n) is 39.4. The number of carbonyl (C=O) groups excluding carboxylic acids is 4. The fourth-order valence-electron chi connectivity index (χ4n) is 9.84. The lowest BCUT2D eigenvalue weighted by atomic mass is 10.1. The molecule has 3 N–H and O–H groups in total. The number of hydrogen-bond donors (Lipinski definition) is 3. The van der Waals surface area contributed by atoms with E-state index in [0.29, 0.717) is 25.7 Å². The first kappa shape index (κ1) is 98.4. The van der Waals surface area contributed by atoms with Crippen LogP contribution in [0.5, 0.6) is 0 Å². The molecule has 0 aliphatic rings. The lowest BCUT2D eigenvalue weighted by molar-refractivity contribution is -0.161. The molecular weight excluding hydrogens is 1350 g/mol. The van der Waals surface area contributed by atoms with Crippen molar-refractivity contribution >= 4 is 39.5 Å². The maximum atomic E-state index is 13.1. The minimum Gasteiger partial charge on any atom is -0.462 e. The largest absolute Gasteiger partial charge is 0.472 e. The first-order valence-corrected chi connectivity index (χ1v) is 42.4. The number of aliphatic hydroxyl groups excluding tert-OH is 1. The van der Waals surface area contributed by atoms with Crippen LogP contribution in [0.2, 0.25) is 0 Å². The highest BCUT2D eigenvalue weighted by Gasteiger charge is 2.30. The van der Waals surface area contributed by atoms with Crippen LogP contribution in [0.1, 0.15) is 285 Å². The van der Waals surface area contributed by atoms with E-state index in [9.17, 15) is 43.2 Å². The number of allylic oxidation sites excluding steroid dienone is 27. The highest BCUT2D eigenvalue weighted by atomic mass is 31.2. The van der Waals surface area contributed by atoms with Gasteiger partial charge in [0.25, 0.3) is 0 Å². The molecule has 5 atom stereocenters. The van der Waals surface area contributed by atoms with E-state index in [0.717, 1.165) is 167 Å². The number of esters is 4. The van der Waals surface area contributed by atoms with Gasteiger partial charge < -0.3 is 33.8 Å². The quantitative estimate of drug-likeness (QED) is 0.0169. The van der Waals surface area contributed by atoms with Crippen molar-refractivity contribution in [3.05, 3.63) is 170 Å². The van der Waals surface area contributed by atoms with Gasteiger partial charge in [-0.25, -0.2) is 9.13 Å². The second-order valence-corrected chi connectivity index (χ2v) is 28.4. The molecule has 0 radical (unpaired) electrons. The fraction of sp³-hybridized carbons (Fsp3) is 0.624. The van der Waals surface area contributed by atoms with Crippen LogP contribution >= 0.6 is 15.6 Å². The van der Waals surface area contributed by atoms with Crippen molar-refractivity contribution in [2.24, 2.45) is 0 Å². The van der Waals surface area contributed by atoms with Crippen molar-refractivity contribution in [1.82, 2.24) is 0 Å². The molecule has 590 valence electrons. The number of rotatable bonds is 72. The van der Waals surface area contributed by atoms with E-state index in [2.05, 4.69) is 174 Å². The van der Waals surface area contributed by atoms with Crippen LogP contribution in [-0.4, -0.2) is 96.7 Å².